The zero-order chi connectivity index (χ0) is 15.9. The van der Waals surface area contributed by atoms with Gasteiger partial charge in [0.2, 0.25) is 0 Å². The summed E-state index contributed by atoms with van der Waals surface area (Å²) in [6.45, 7) is 5.67. The van der Waals surface area contributed by atoms with Gasteiger partial charge in [0.05, 0.1) is 6.42 Å². The molecule has 21 heavy (non-hydrogen) atoms. The van der Waals surface area contributed by atoms with Crippen LogP contribution in [0.25, 0.3) is 0 Å². The lowest BCUT2D eigenvalue weighted by atomic mass is 10.1. The van der Waals surface area contributed by atoms with Crippen LogP contribution in [0.3, 0.4) is 0 Å². The molecule has 0 bridgehead atoms. The molecule has 0 radical (unpaired) electrons. The molecular weight excluding hydrogens is 270 g/mol. The summed E-state index contributed by atoms with van der Waals surface area (Å²) < 4.78 is 5.17. The first-order chi connectivity index (χ1) is 9.78. The second kappa shape index (κ2) is 7.78. The van der Waals surface area contributed by atoms with Gasteiger partial charge in [0.25, 0.3) is 0 Å². The number of benzene rings is 1. The average Bonchev–Trinajstić information content (AvgIpc) is 2.36. The summed E-state index contributed by atoms with van der Waals surface area (Å²) in [5, 5.41) is 12.1. The number of hydrogen-bond donors (Lipinski definition) is 2. The van der Waals surface area contributed by atoms with Crippen molar-refractivity contribution in [2.24, 2.45) is 0 Å². The molecular formula is C16H23NO4. The maximum Gasteiger partial charge on any atom is 0.321 e. The Morgan fingerprint density at radius 1 is 1.24 bits per heavy atom. The van der Waals surface area contributed by atoms with E-state index in [1.165, 1.54) is 0 Å². The Balaban J connectivity index is 2.42. The van der Waals surface area contributed by atoms with Crippen molar-refractivity contribution in [2.45, 2.75) is 45.3 Å². The fourth-order valence-electron chi connectivity index (χ4n) is 1.84. The minimum atomic E-state index is -0.928. The standard InChI is InChI=1S/C16H23NO4/c1-16(2,3)21-14(18)9-10-17-13(15(19)20)11-12-7-5-4-6-8-12/h4-8,13,17H,9-11H2,1-3H3,(H,19,20)/t13-/m0/s1. The predicted molar refractivity (Wildman–Crippen MR) is 80.0 cm³/mol. The topological polar surface area (TPSA) is 75.6 Å². The van der Waals surface area contributed by atoms with Gasteiger partial charge in [0.1, 0.15) is 11.6 Å². The van der Waals surface area contributed by atoms with Gasteiger partial charge in [-0.2, -0.15) is 0 Å². The number of carboxylic acid groups (broad SMARTS) is 1. The van der Waals surface area contributed by atoms with Gasteiger partial charge in [-0.1, -0.05) is 30.3 Å². The fraction of sp³-hybridized carbons (Fsp3) is 0.500. The van der Waals surface area contributed by atoms with Crippen molar-refractivity contribution in [3.63, 3.8) is 0 Å². The van der Waals surface area contributed by atoms with Crippen molar-refractivity contribution in [1.29, 1.82) is 0 Å². The first-order valence-corrected chi connectivity index (χ1v) is 7.00. The van der Waals surface area contributed by atoms with Gasteiger partial charge in [-0.3, -0.25) is 9.59 Å². The molecule has 5 heteroatoms. The Hall–Kier alpha value is -1.88. The smallest absolute Gasteiger partial charge is 0.321 e. The first-order valence-electron chi connectivity index (χ1n) is 7.00. The van der Waals surface area contributed by atoms with Gasteiger partial charge in [-0.25, -0.2) is 0 Å². The first kappa shape index (κ1) is 17.2. The SMILES string of the molecule is CC(C)(C)OC(=O)CCN[C@@H](Cc1ccccc1)C(=O)O. The molecule has 0 amide bonds. The molecule has 1 aromatic carbocycles. The number of esters is 1. The quantitative estimate of drug-likeness (QED) is 0.752. The van der Waals surface area contributed by atoms with Crippen LogP contribution in [0.5, 0.6) is 0 Å². The zero-order valence-electron chi connectivity index (χ0n) is 12.8. The molecule has 0 aliphatic carbocycles. The number of carbonyl (C=O) groups excluding carboxylic acids is 1. The molecule has 1 atom stereocenters. The monoisotopic (exact) mass is 293 g/mol. The van der Waals surface area contributed by atoms with Gasteiger partial charge >= 0.3 is 11.9 Å². The Labute approximate surface area is 125 Å². The molecule has 0 saturated carbocycles. The summed E-state index contributed by atoms with van der Waals surface area (Å²) >= 11 is 0. The highest BCUT2D eigenvalue weighted by Gasteiger charge is 2.19. The molecule has 0 fully saturated rings. The van der Waals surface area contributed by atoms with E-state index in [4.69, 9.17) is 4.74 Å². The van der Waals surface area contributed by atoms with E-state index >= 15 is 0 Å². The summed E-state index contributed by atoms with van der Waals surface area (Å²) in [6.07, 6.45) is 0.528. The molecule has 1 aromatic rings. The summed E-state index contributed by atoms with van der Waals surface area (Å²) in [7, 11) is 0. The van der Waals surface area contributed by atoms with Crippen LogP contribution in [-0.2, 0) is 20.7 Å². The summed E-state index contributed by atoms with van der Waals surface area (Å²) in [5.41, 5.74) is 0.419. The third-order valence-electron chi connectivity index (χ3n) is 2.72. The third kappa shape index (κ3) is 7.46. The Bertz CT molecular complexity index is 465. The van der Waals surface area contributed by atoms with Crippen molar-refractivity contribution in [1.82, 2.24) is 5.32 Å². The minimum Gasteiger partial charge on any atom is -0.480 e. The number of aliphatic carboxylic acids is 1. The number of carboxylic acids is 1. The second-order valence-corrected chi connectivity index (χ2v) is 5.87. The van der Waals surface area contributed by atoms with Crippen LogP contribution in [0.15, 0.2) is 30.3 Å². The molecule has 2 N–H and O–H groups in total. The number of carbonyl (C=O) groups is 2. The number of ether oxygens (including phenoxy) is 1. The van der Waals surface area contributed by atoms with Gasteiger partial charge in [-0.15, -0.1) is 0 Å². The normalized spacial score (nSPS) is 12.7. The fourth-order valence-corrected chi connectivity index (χ4v) is 1.84. The van der Waals surface area contributed by atoms with Gasteiger partial charge < -0.3 is 15.2 Å². The van der Waals surface area contributed by atoms with Crippen molar-refractivity contribution >= 4 is 11.9 Å². The molecule has 0 spiro atoms. The van der Waals surface area contributed by atoms with E-state index in [1.54, 1.807) is 20.8 Å². The van der Waals surface area contributed by atoms with E-state index in [-0.39, 0.29) is 18.9 Å². The highest BCUT2D eigenvalue weighted by Crippen LogP contribution is 2.08. The Morgan fingerprint density at radius 3 is 2.38 bits per heavy atom. The van der Waals surface area contributed by atoms with Crippen molar-refractivity contribution in [2.75, 3.05) is 6.54 Å². The summed E-state index contributed by atoms with van der Waals surface area (Å²) in [5.74, 6) is -1.26. The number of rotatable bonds is 7. The van der Waals surface area contributed by atoms with Crippen LogP contribution < -0.4 is 5.32 Å². The zero-order valence-corrected chi connectivity index (χ0v) is 12.8. The highest BCUT2D eigenvalue weighted by atomic mass is 16.6. The molecule has 0 aliphatic rings. The van der Waals surface area contributed by atoms with Crippen molar-refractivity contribution in [3.8, 4) is 0 Å². The second-order valence-electron chi connectivity index (χ2n) is 5.87. The van der Waals surface area contributed by atoms with Crippen molar-refractivity contribution < 1.29 is 19.4 Å². The van der Waals surface area contributed by atoms with Gasteiger partial charge in [0, 0.05) is 6.54 Å². The van der Waals surface area contributed by atoms with Gasteiger partial charge in [-0.05, 0) is 32.8 Å². The van der Waals surface area contributed by atoms with Crippen LogP contribution >= 0.6 is 0 Å². The Morgan fingerprint density at radius 2 is 1.86 bits per heavy atom. The predicted octanol–water partition coefficient (Wildman–Crippen LogP) is 2.00. The van der Waals surface area contributed by atoms with Crippen LogP contribution in [0.1, 0.15) is 32.8 Å². The molecule has 0 saturated heterocycles. The third-order valence-corrected chi connectivity index (χ3v) is 2.72. The van der Waals surface area contributed by atoms with E-state index in [2.05, 4.69) is 5.32 Å². The molecule has 1 rings (SSSR count). The molecule has 0 heterocycles. The summed E-state index contributed by atoms with van der Waals surface area (Å²) in [6, 6.07) is 8.67. The lowest BCUT2D eigenvalue weighted by molar-refractivity contribution is -0.155. The summed E-state index contributed by atoms with van der Waals surface area (Å²) in [4.78, 5) is 22.8. The van der Waals surface area contributed by atoms with Crippen LogP contribution in [-0.4, -0.2) is 35.2 Å². The van der Waals surface area contributed by atoms with E-state index in [0.29, 0.717) is 6.42 Å². The number of hydrogen-bond acceptors (Lipinski definition) is 4. The van der Waals surface area contributed by atoms with E-state index in [9.17, 15) is 14.7 Å². The van der Waals surface area contributed by atoms with E-state index in [1.807, 2.05) is 30.3 Å². The maximum atomic E-state index is 11.6. The van der Waals surface area contributed by atoms with Crippen LogP contribution in [0.2, 0.25) is 0 Å². The lowest BCUT2D eigenvalue weighted by Crippen LogP contribution is -2.40. The Kier molecular flexibility index (Phi) is 6.37. The van der Waals surface area contributed by atoms with Crippen molar-refractivity contribution in [3.05, 3.63) is 35.9 Å². The average molecular weight is 293 g/mol. The highest BCUT2D eigenvalue weighted by molar-refractivity contribution is 5.74. The molecule has 116 valence electrons. The molecule has 0 unspecified atom stereocenters. The molecule has 0 aliphatic heterocycles. The van der Waals surface area contributed by atoms with Crippen LogP contribution in [0.4, 0.5) is 0 Å². The number of nitrogens with one attached hydrogen (secondary N) is 1. The minimum absolute atomic E-state index is 0.149. The van der Waals surface area contributed by atoms with Crippen LogP contribution in [0, 0.1) is 0 Å². The van der Waals surface area contributed by atoms with E-state index in [0.717, 1.165) is 5.56 Å². The molecule has 5 nitrogen and oxygen atoms in total. The molecule has 0 aromatic heterocycles. The largest absolute Gasteiger partial charge is 0.480 e. The lowest BCUT2D eigenvalue weighted by Gasteiger charge is -2.20. The van der Waals surface area contributed by atoms with Gasteiger partial charge in [0.15, 0.2) is 0 Å². The van der Waals surface area contributed by atoms with E-state index < -0.39 is 17.6 Å². The maximum absolute atomic E-state index is 11.6.